The first-order chi connectivity index (χ1) is 14.3. The Kier molecular flexibility index (Phi) is 5.52. The minimum atomic E-state index is -3.92. The van der Waals surface area contributed by atoms with Crippen LogP contribution in [-0.4, -0.2) is 35.4 Å². The number of methoxy groups -OCH3 is 1. The van der Waals surface area contributed by atoms with E-state index in [0.29, 0.717) is 35.1 Å². The molecule has 30 heavy (non-hydrogen) atoms. The fourth-order valence-corrected chi connectivity index (χ4v) is 5.89. The molecule has 0 aliphatic rings. The number of carbonyl (C=O) groups is 1. The van der Waals surface area contributed by atoms with E-state index in [4.69, 9.17) is 11.6 Å². The highest BCUT2D eigenvalue weighted by atomic mass is 35.5. The van der Waals surface area contributed by atoms with Gasteiger partial charge in [0.15, 0.2) is 0 Å². The molecule has 7 nitrogen and oxygen atoms in total. The molecule has 4 aromatic rings. The fourth-order valence-electron chi connectivity index (χ4n) is 3.35. The highest BCUT2D eigenvalue weighted by Gasteiger charge is 2.24. The maximum Gasteiger partial charge on any atom is 0.305 e. The summed E-state index contributed by atoms with van der Waals surface area (Å²) in [5.41, 5.74) is 2.08. The molecule has 0 unspecified atom stereocenters. The van der Waals surface area contributed by atoms with Gasteiger partial charge in [0.1, 0.15) is 5.15 Å². The van der Waals surface area contributed by atoms with Crippen molar-refractivity contribution in [2.45, 2.75) is 31.1 Å². The predicted octanol–water partition coefficient (Wildman–Crippen LogP) is 4.34. The Morgan fingerprint density at radius 3 is 2.73 bits per heavy atom. The molecule has 1 aromatic carbocycles. The lowest BCUT2D eigenvalue weighted by atomic mass is 10.2. The van der Waals surface area contributed by atoms with Gasteiger partial charge in [0.2, 0.25) is 0 Å². The number of benzene rings is 1. The number of aromatic nitrogens is 3. The quantitative estimate of drug-likeness (QED) is 0.312. The number of fused-ring (bicyclic) bond motifs is 2. The maximum absolute atomic E-state index is 13.6. The first-order valence-electron chi connectivity index (χ1n) is 9.16. The van der Waals surface area contributed by atoms with Gasteiger partial charge < -0.3 is 4.74 Å². The standard InChI is InChI=1S/C20H18ClN3O4S2/c1-12-22-16-11-14(6-8-18(16)29-12)30(26,27)24-13(4-3-5-20(25)28-2)10-15-17(24)7-9-19(21)23-15/h6-11H,3-5H2,1-2H3. The van der Waals surface area contributed by atoms with Crippen LogP contribution in [0.15, 0.2) is 41.3 Å². The summed E-state index contributed by atoms with van der Waals surface area (Å²) in [4.78, 5) is 20.3. The van der Waals surface area contributed by atoms with Crippen LogP contribution in [0.25, 0.3) is 21.3 Å². The lowest BCUT2D eigenvalue weighted by molar-refractivity contribution is -0.140. The summed E-state index contributed by atoms with van der Waals surface area (Å²) in [7, 11) is -2.60. The van der Waals surface area contributed by atoms with Crippen molar-refractivity contribution in [2.24, 2.45) is 0 Å². The predicted molar refractivity (Wildman–Crippen MR) is 117 cm³/mol. The lowest BCUT2D eigenvalue weighted by Gasteiger charge is -2.12. The Labute approximate surface area is 182 Å². The molecule has 3 heterocycles. The van der Waals surface area contributed by atoms with Crippen molar-refractivity contribution in [1.29, 1.82) is 0 Å². The van der Waals surface area contributed by atoms with Crippen molar-refractivity contribution in [1.82, 2.24) is 13.9 Å². The molecule has 10 heteroatoms. The molecule has 156 valence electrons. The van der Waals surface area contributed by atoms with E-state index < -0.39 is 10.0 Å². The van der Waals surface area contributed by atoms with Crippen LogP contribution >= 0.6 is 22.9 Å². The van der Waals surface area contributed by atoms with E-state index >= 15 is 0 Å². The summed E-state index contributed by atoms with van der Waals surface area (Å²) in [5.74, 6) is -0.342. The summed E-state index contributed by atoms with van der Waals surface area (Å²) in [6, 6.07) is 9.83. The van der Waals surface area contributed by atoms with Gasteiger partial charge in [-0.25, -0.2) is 22.4 Å². The number of rotatable bonds is 6. The third kappa shape index (κ3) is 3.80. The van der Waals surface area contributed by atoms with Gasteiger partial charge in [-0.3, -0.25) is 4.79 Å². The third-order valence-corrected chi connectivity index (χ3v) is 7.62. The minimum absolute atomic E-state index is 0.141. The van der Waals surface area contributed by atoms with Gasteiger partial charge in [-0.1, -0.05) is 11.6 Å². The summed E-state index contributed by atoms with van der Waals surface area (Å²) in [6.45, 7) is 1.88. The smallest absolute Gasteiger partial charge is 0.305 e. The molecule has 0 N–H and O–H groups in total. The number of ether oxygens (including phenoxy) is 1. The summed E-state index contributed by atoms with van der Waals surface area (Å²) < 4.78 is 34.1. The van der Waals surface area contributed by atoms with Crippen LogP contribution in [0.1, 0.15) is 23.5 Å². The van der Waals surface area contributed by atoms with Crippen LogP contribution in [0.2, 0.25) is 5.15 Å². The average Bonchev–Trinajstić information content (AvgIpc) is 3.25. The second-order valence-corrected chi connectivity index (χ2v) is 10.1. The zero-order chi connectivity index (χ0) is 21.5. The van der Waals surface area contributed by atoms with Crippen molar-refractivity contribution < 1.29 is 17.9 Å². The van der Waals surface area contributed by atoms with Gasteiger partial charge in [-0.2, -0.15) is 0 Å². The number of halogens is 1. The molecule has 0 spiro atoms. The Morgan fingerprint density at radius 2 is 1.97 bits per heavy atom. The third-order valence-electron chi connectivity index (χ3n) is 4.70. The summed E-state index contributed by atoms with van der Waals surface area (Å²) >= 11 is 7.52. The Morgan fingerprint density at radius 1 is 1.17 bits per heavy atom. The Hall–Kier alpha value is -2.49. The number of carbonyl (C=O) groups excluding carboxylic acids is 1. The first kappa shape index (κ1) is 20.8. The molecule has 0 atom stereocenters. The molecular weight excluding hydrogens is 446 g/mol. The fraction of sp³-hybridized carbons (Fsp3) is 0.250. The molecule has 4 rings (SSSR count). The van der Waals surface area contributed by atoms with Crippen molar-refractivity contribution in [3.05, 3.63) is 52.3 Å². The molecular formula is C20H18ClN3O4S2. The minimum Gasteiger partial charge on any atom is -0.469 e. The number of hydrogen-bond donors (Lipinski definition) is 0. The van der Waals surface area contributed by atoms with Gasteiger partial charge in [0.25, 0.3) is 10.0 Å². The van der Waals surface area contributed by atoms with Crippen LogP contribution in [0.5, 0.6) is 0 Å². The van der Waals surface area contributed by atoms with E-state index in [1.165, 1.54) is 22.4 Å². The Balaban J connectivity index is 1.83. The molecule has 0 aliphatic carbocycles. The molecule has 0 saturated carbocycles. The van der Waals surface area contributed by atoms with Crippen LogP contribution in [0.4, 0.5) is 0 Å². The van der Waals surface area contributed by atoms with E-state index in [1.54, 1.807) is 36.4 Å². The molecule has 0 saturated heterocycles. The number of aryl methyl sites for hydroxylation is 2. The van der Waals surface area contributed by atoms with Gasteiger partial charge in [-0.15, -0.1) is 11.3 Å². The zero-order valence-corrected chi connectivity index (χ0v) is 18.6. The van der Waals surface area contributed by atoms with Crippen molar-refractivity contribution in [3.63, 3.8) is 0 Å². The second-order valence-electron chi connectivity index (χ2n) is 6.74. The van der Waals surface area contributed by atoms with Gasteiger partial charge >= 0.3 is 5.97 Å². The van der Waals surface area contributed by atoms with E-state index in [0.717, 1.165) is 9.71 Å². The number of hydrogen-bond acceptors (Lipinski definition) is 7. The molecule has 0 radical (unpaired) electrons. The molecule has 0 amide bonds. The maximum atomic E-state index is 13.6. The molecule has 0 fully saturated rings. The van der Waals surface area contributed by atoms with Crippen molar-refractivity contribution in [3.8, 4) is 0 Å². The molecule has 0 aliphatic heterocycles. The topological polar surface area (TPSA) is 91.1 Å². The zero-order valence-electron chi connectivity index (χ0n) is 16.3. The van der Waals surface area contributed by atoms with Crippen molar-refractivity contribution >= 4 is 60.2 Å². The number of pyridine rings is 1. The second kappa shape index (κ2) is 7.98. The normalized spacial score (nSPS) is 12.0. The van der Waals surface area contributed by atoms with Crippen LogP contribution < -0.4 is 0 Å². The SMILES string of the molecule is COC(=O)CCCc1cc2nc(Cl)ccc2n1S(=O)(=O)c1ccc2sc(C)nc2c1. The lowest BCUT2D eigenvalue weighted by Crippen LogP contribution is -2.16. The molecule has 0 bridgehead atoms. The molecule has 3 aromatic heterocycles. The summed E-state index contributed by atoms with van der Waals surface area (Å²) in [6.07, 6.45) is 0.993. The van der Waals surface area contributed by atoms with E-state index in [9.17, 15) is 13.2 Å². The van der Waals surface area contributed by atoms with E-state index in [1.807, 2.05) is 6.92 Å². The highest BCUT2D eigenvalue weighted by molar-refractivity contribution is 7.90. The van der Waals surface area contributed by atoms with Gasteiger partial charge in [0, 0.05) is 12.1 Å². The Bertz CT molecular complexity index is 1380. The van der Waals surface area contributed by atoms with E-state index in [-0.39, 0.29) is 22.4 Å². The number of thiazole rings is 1. The van der Waals surface area contributed by atoms with Gasteiger partial charge in [-0.05, 0) is 56.2 Å². The number of esters is 1. The van der Waals surface area contributed by atoms with Crippen LogP contribution in [0, 0.1) is 6.92 Å². The van der Waals surface area contributed by atoms with Crippen LogP contribution in [0.3, 0.4) is 0 Å². The van der Waals surface area contributed by atoms with Gasteiger partial charge in [0.05, 0.1) is 38.3 Å². The van der Waals surface area contributed by atoms with E-state index in [2.05, 4.69) is 14.7 Å². The monoisotopic (exact) mass is 463 g/mol. The van der Waals surface area contributed by atoms with Crippen molar-refractivity contribution in [2.75, 3.05) is 7.11 Å². The highest BCUT2D eigenvalue weighted by Crippen LogP contribution is 2.30. The van der Waals surface area contributed by atoms with Crippen LogP contribution in [-0.2, 0) is 26.0 Å². The largest absolute Gasteiger partial charge is 0.469 e. The first-order valence-corrected chi connectivity index (χ1v) is 11.8. The number of nitrogens with zero attached hydrogens (tertiary/aromatic N) is 3. The average molecular weight is 464 g/mol. The summed E-state index contributed by atoms with van der Waals surface area (Å²) in [5, 5.41) is 1.14.